The zero-order valence-corrected chi connectivity index (χ0v) is 14.1. The van der Waals surface area contributed by atoms with Crippen molar-refractivity contribution in [3.63, 3.8) is 0 Å². The number of pyridine rings is 1. The van der Waals surface area contributed by atoms with Crippen molar-refractivity contribution in [2.24, 2.45) is 7.05 Å². The highest BCUT2D eigenvalue weighted by atomic mass is 16.5. The van der Waals surface area contributed by atoms with Gasteiger partial charge in [0.1, 0.15) is 5.75 Å². The van der Waals surface area contributed by atoms with Crippen molar-refractivity contribution in [2.75, 3.05) is 7.11 Å². The molecule has 0 fully saturated rings. The average Bonchev–Trinajstić information content (AvgIpc) is 2.53. The van der Waals surface area contributed by atoms with Gasteiger partial charge >= 0.3 is 0 Å². The molecular weight excluding hydrogens is 278 g/mol. The second-order valence-corrected chi connectivity index (χ2v) is 4.85. The van der Waals surface area contributed by atoms with Crippen LogP contribution in [0.25, 0.3) is 11.1 Å². The van der Waals surface area contributed by atoms with E-state index in [9.17, 15) is 9.59 Å². The number of hydrogen-bond acceptors (Lipinski definition) is 3. The number of aldehydes is 1. The molecule has 0 amide bonds. The van der Waals surface area contributed by atoms with Crippen LogP contribution in [-0.2, 0) is 7.05 Å². The number of carbonyl (C=O) groups excluding carboxylic acids is 1. The van der Waals surface area contributed by atoms with Gasteiger partial charge in [-0.3, -0.25) is 9.59 Å². The number of carbonyl (C=O) groups is 1. The fourth-order valence-corrected chi connectivity index (χ4v) is 2.29. The van der Waals surface area contributed by atoms with Gasteiger partial charge in [0.15, 0.2) is 6.29 Å². The summed E-state index contributed by atoms with van der Waals surface area (Å²) < 4.78 is 6.82. The Labute approximate surface area is 131 Å². The highest BCUT2D eigenvalue weighted by Gasteiger charge is 2.10. The van der Waals surface area contributed by atoms with Gasteiger partial charge in [-0.05, 0) is 42.7 Å². The van der Waals surface area contributed by atoms with E-state index in [1.165, 1.54) is 7.11 Å². The summed E-state index contributed by atoms with van der Waals surface area (Å²) in [5, 5.41) is 0. The van der Waals surface area contributed by atoms with Crippen molar-refractivity contribution < 1.29 is 9.53 Å². The monoisotopic (exact) mass is 301 g/mol. The smallest absolute Gasteiger partial charge is 0.253 e. The minimum atomic E-state index is -0.0121. The largest absolute Gasteiger partial charge is 0.496 e. The van der Waals surface area contributed by atoms with Gasteiger partial charge in [0.25, 0.3) is 5.56 Å². The molecule has 0 aliphatic rings. The average molecular weight is 301 g/mol. The Kier molecular flexibility index (Phi) is 6.11. The molecule has 118 valence electrons. The zero-order chi connectivity index (χ0) is 16.9. The van der Waals surface area contributed by atoms with Crippen LogP contribution in [0, 0.1) is 13.8 Å². The normalized spacial score (nSPS) is 9.73. The van der Waals surface area contributed by atoms with Gasteiger partial charge in [-0.25, -0.2) is 0 Å². The minimum absolute atomic E-state index is 0.0121. The Bertz CT molecular complexity index is 704. The molecule has 1 aromatic heterocycles. The lowest BCUT2D eigenvalue weighted by atomic mass is 9.99. The molecule has 0 aliphatic heterocycles. The fraction of sp³-hybridized carbons (Fsp3) is 0.333. The molecule has 0 bridgehead atoms. The molecule has 0 N–H and O–H groups in total. The molecular formula is C18H23NO3. The van der Waals surface area contributed by atoms with E-state index in [1.807, 2.05) is 39.0 Å². The standard InChI is InChI=1S/C16H17NO3.C2H6/c1-10-5-12(7-15(20-4)14(10)9-18)13-6-11(2)16(19)17(3)8-13;1-2/h5-9H,1-4H3;1-2H3. The van der Waals surface area contributed by atoms with Crippen LogP contribution >= 0.6 is 0 Å². The van der Waals surface area contributed by atoms with Crippen LogP contribution < -0.4 is 10.3 Å². The van der Waals surface area contributed by atoms with Gasteiger partial charge in [-0.2, -0.15) is 0 Å². The lowest BCUT2D eigenvalue weighted by Crippen LogP contribution is -2.18. The van der Waals surface area contributed by atoms with E-state index < -0.39 is 0 Å². The highest BCUT2D eigenvalue weighted by molar-refractivity contribution is 5.84. The van der Waals surface area contributed by atoms with Crippen LogP contribution in [0.2, 0.25) is 0 Å². The third-order valence-electron chi connectivity index (χ3n) is 3.38. The van der Waals surface area contributed by atoms with Crippen LogP contribution in [0.5, 0.6) is 5.75 Å². The number of nitrogens with zero attached hydrogens (tertiary/aromatic N) is 1. The summed E-state index contributed by atoms with van der Waals surface area (Å²) in [6.07, 6.45) is 2.58. The second-order valence-electron chi connectivity index (χ2n) is 4.85. The second kappa shape index (κ2) is 7.59. The number of methoxy groups -OCH3 is 1. The molecule has 1 aromatic carbocycles. The Morgan fingerprint density at radius 2 is 1.64 bits per heavy atom. The van der Waals surface area contributed by atoms with Gasteiger partial charge in [-0.1, -0.05) is 19.9 Å². The summed E-state index contributed by atoms with van der Waals surface area (Å²) in [4.78, 5) is 22.8. The Hall–Kier alpha value is -2.36. The molecule has 0 saturated carbocycles. The molecule has 2 aromatic rings. The Morgan fingerprint density at radius 3 is 2.14 bits per heavy atom. The van der Waals surface area contributed by atoms with E-state index in [0.29, 0.717) is 16.9 Å². The van der Waals surface area contributed by atoms with E-state index in [0.717, 1.165) is 23.0 Å². The lowest BCUT2D eigenvalue weighted by molar-refractivity contribution is 0.112. The number of aryl methyl sites for hydroxylation is 3. The van der Waals surface area contributed by atoms with E-state index >= 15 is 0 Å². The third kappa shape index (κ3) is 3.45. The topological polar surface area (TPSA) is 48.3 Å². The van der Waals surface area contributed by atoms with Crippen LogP contribution in [0.4, 0.5) is 0 Å². The van der Waals surface area contributed by atoms with Crippen LogP contribution in [-0.4, -0.2) is 18.0 Å². The van der Waals surface area contributed by atoms with Crippen molar-refractivity contribution >= 4 is 6.29 Å². The first kappa shape index (κ1) is 17.7. The van der Waals surface area contributed by atoms with Gasteiger partial charge < -0.3 is 9.30 Å². The van der Waals surface area contributed by atoms with Gasteiger partial charge in [0.05, 0.1) is 12.7 Å². The summed E-state index contributed by atoms with van der Waals surface area (Å²) in [6.45, 7) is 7.65. The van der Waals surface area contributed by atoms with E-state index in [1.54, 1.807) is 24.7 Å². The third-order valence-corrected chi connectivity index (χ3v) is 3.38. The molecule has 2 rings (SSSR count). The number of aromatic nitrogens is 1. The Balaban J connectivity index is 0.00000116. The van der Waals surface area contributed by atoms with Gasteiger partial charge in [0.2, 0.25) is 0 Å². The maximum absolute atomic E-state index is 11.7. The van der Waals surface area contributed by atoms with Gasteiger partial charge in [-0.15, -0.1) is 0 Å². The van der Waals surface area contributed by atoms with Crippen molar-refractivity contribution in [3.8, 4) is 16.9 Å². The van der Waals surface area contributed by atoms with E-state index in [4.69, 9.17) is 4.74 Å². The van der Waals surface area contributed by atoms with Crippen LogP contribution in [0.15, 0.2) is 29.2 Å². The first-order valence-electron chi connectivity index (χ1n) is 7.29. The summed E-state index contributed by atoms with van der Waals surface area (Å²) in [6, 6.07) is 5.58. The van der Waals surface area contributed by atoms with E-state index in [-0.39, 0.29) is 5.56 Å². The zero-order valence-electron chi connectivity index (χ0n) is 14.1. The van der Waals surface area contributed by atoms with Crippen LogP contribution in [0.3, 0.4) is 0 Å². The molecule has 0 radical (unpaired) electrons. The molecule has 0 unspecified atom stereocenters. The maximum Gasteiger partial charge on any atom is 0.253 e. The molecule has 0 aliphatic carbocycles. The number of ether oxygens (including phenoxy) is 1. The molecule has 4 heteroatoms. The van der Waals surface area contributed by atoms with E-state index in [2.05, 4.69) is 0 Å². The van der Waals surface area contributed by atoms with Crippen molar-refractivity contribution in [2.45, 2.75) is 27.7 Å². The first-order chi connectivity index (χ1) is 10.5. The summed E-state index contributed by atoms with van der Waals surface area (Å²) in [5.74, 6) is 0.543. The molecule has 4 nitrogen and oxygen atoms in total. The highest BCUT2D eigenvalue weighted by Crippen LogP contribution is 2.29. The predicted molar refractivity (Wildman–Crippen MR) is 89.9 cm³/mol. The molecule has 0 atom stereocenters. The lowest BCUT2D eigenvalue weighted by Gasteiger charge is -2.12. The number of rotatable bonds is 3. The van der Waals surface area contributed by atoms with Crippen molar-refractivity contribution in [3.05, 3.63) is 51.4 Å². The molecule has 0 saturated heterocycles. The number of hydrogen-bond donors (Lipinski definition) is 0. The van der Waals surface area contributed by atoms with Crippen molar-refractivity contribution in [1.82, 2.24) is 4.57 Å². The Morgan fingerprint density at radius 1 is 1.05 bits per heavy atom. The molecule has 22 heavy (non-hydrogen) atoms. The summed E-state index contributed by atoms with van der Waals surface area (Å²) in [7, 11) is 3.26. The SMILES string of the molecule is CC.COc1cc(-c2cc(C)c(=O)n(C)c2)cc(C)c1C=O. The molecule has 0 spiro atoms. The minimum Gasteiger partial charge on any atom is -0.496 e. The predicted octanol–water partition coefficient (Wildman–Crippen LogP) is 3.52. The van der Waals surface area contributed by atoms with Crippen LogP contribution in [0.1, 0.15) is 35.3 Å². The fourth-order valence-electron chi connectivity index (χ4n) is 2.29. The number of benzene rings is 1. The summed E-state index contributed by atoms with van der Waals surface area (Å²) >= 11 is 0. The quantitative estimate of drug-likeness (QED) is 0.815. The maximum atomic E-state index is 11.7. The van der Waals surface area contributed by atoms with Crippen molar-refractivity contribution in [1.29, 1.82) is 0 Å². The molecule has 1 heterocycles. The first-order valence-corrected chi connectivity index (χ1v) is 7.29. The summed E-state index contributed by atoms with van der Waals surface area (Å²) in [5.41, 5.74) is 3.91. The van der Waals surface area contributed by atoms with Gasteiger partial charge in [0, 0.05) is 18.8 Å².